The third kappa shape index (κ3) is 5.94. The summed E-state index contributed by atoms with van der Waals surface area (Å²) in [5, 5.41) is 7.72. The van der Waals surface area contributed by atoms with Gasteiger partial charge in [0, 0.05) is 22.7 Å². The second-order valence-corrected chi connectivity index (χ2v) is 7.15. The fourth-order valence-electron chi connectivity index (χ4n) is 2.43. The van der Waals surface area contributed by atoms with Gasteiger partial charge in [0.2, 0.25) is 0 Å². The fourth-order valence-corrected chi connectivity index (χ4v) is 3.92. The molecule has 120 valence electrons. The molecule has 1 aliphatic carbocycles. The molecule has 0 radical (unpaired) electrons. The minimum absolute atomic E-state index is 0. The van der Waals surface area contributed by atoms with E-state index in [1.54, 1.807) is 11.3 Å². The number of nitrogens with zero attached hydrogens (tertiary/aromatic N) is 2. The maximum Gasteiger partial charge on any atom is 0.191 e. The molecule has 1 saturated carbocycles. The molecule has 7 heteroatoms. The van der Waals surface area contributed by atoms with Crippen molar-refractivity contribution < 1.29 is 0 Å². The van der Waals surface area contributed by atoms with E-state index in [0.29, 0.717) is 12.6 Å². The topological polar surface area (TPSA) is 49.3 Å². The van der Waals surface area contributed by atoms with Gasteiger partial charge >= 0.3 is 0 Å². The van der Waals surface area contributed by atoms with Crippen LogP contribution in [0.3, 0.4) is 0 Å². The summed E-state index contributed by atoms with van der Waals surface area (Å²) in [5.41, 5.74) is 2.98. The average molecular weight is 440 g/mol. The van der Waals surface area contributed by atoms with Crippen molar-refractivity contribution in [3.63, 3.8) is 0 Å². The minimum Gasteiger partial charge on any atom is -0.357 e. The summed E-state index contributed by atoms with van der Waals surface area (Å²) >= 11 is 3.66. The lowest BCUT2D eigenvalue weighted by Crippen LogP contribution is -2.42. The van der Waals surface area contributed by atoms with Gasteiger partial charge in [-0.2, -0.15) is 11.8 Å². The summed E-state index contributed by atoms with van der Waals surface area (Å²) in [7, 11) is 0. The molecule has 1 fully saturated rings. The third-order valence-corrected chi connectivity index (χ3v) is 5.64. The van der Waals surface area contributed by atoms with E-state index < -0.39 is 0 Å². The molecule has 0 spiro atoms. The zero-order chi connectivity index (χ0) is 14.4. The first-order chi connectivity index (χ1) is 9.72. The van der Waals surface area contributed by atoms with Gasteiger partial charge in [-0.25, -0.2) is 9.98 Å². The summed E-state index contributed by atoms with van der Waals surface area (Å²) in [5.74, 6) is 0.937. The standard InChI is InChI=1S/C14H24N4S2.HI/c1-4-15-14(16-8-13-10(2)17-9-20-13)18-11-5-6-12(7-11)19-3;/h9,11-12H,4-8H2,1-3H3,(H2,15,16,18);1H. The quantitative estimate of drug-likeness (QED) is 0.419. The maximum atomic E-state index is 4.69. The fraction of sp³-hybridized carbons (Fsp3) is 0.714. The summed E-state index contributed by atoms with van der Waals surface area (Å²) < 4.78 is 0. The van der Waals surface area contributed by atoms with E-state index in [1.165, 1.54) is 24.1 Å². The van der Waals surface area contributed by atoms with Crippen LogP contribution in [0.15, 0.2) is 10.5 Å². The number of aliphatic imine (C=N–C) groups is 1. The van der Waals surface area contributed by atoms with Crippen LogP contribution in [0.1, 0.15) is 36.8 Å². The van der Waals surface area contributed by atoms with Crippen LogP contribution in [0.4, 0.5) is 0 Å². The number of aromatic nitrogens is 1. The highest BCUT2D eigenvalue weighted by atomic mass is 127. The molecule has 1 aromatic rings. The molecule has 1 heterocycles. The lowest BCUT2D eigenvalue weighted by atomic mass is 10.2. The number of hydrogen-bond acceptors (Lipinski definition) is 4. The number of aryl methyl sites for hydroxylation is 1. The number of guanidine groups is 1. The Morgan fingerprint density at radius 1 is 1.52 bits per heavy atom. The number of thioether (sulfide) groups is 1. The van der Waals surface area contributed by atoms with Gasteiger partial charge < -0.3 is 10.6 Å². The first kappa shape index (κ1) is 19.0. The first-order valence-corrected chi connectivity index (χ1v) is 9.36. The predicted octanol–water partition coefficient (Wildman–Crippen LogP) is 3.41. The van der Waals surface area contributed by atoms with Crippen molar-refractivity contribution in [3.05, 3.63) is 16.1 Å². The van der Waals surface area contributed by atoms with Crippen LogP contribution >= 0.6 is 47.1 Å². The Morgan fingerprint density at radius 3 is 2.90 bits per heavy atom. The molecule has 2 unspecified atom stereocenters. The average Bonchev–Trinajstić information content (AvgIpc) is 3.05. The summed E-state index contributed by atoms with van der Waals surface area (Å²) in [4.78, 5) is 10.2. The molecule has 21 heavy (non-hydrogen) atoms. The van der Waals surface area contributed by atoms with Gasteiger partial charge in [0.25, 0.3) is 0 Å². The number of thiazole rings is 1. The first-order valence-electron chi connectivity index (χ1n) is 7.19. The number of hydrogen-bond donors (Lipinski definition) is 2. The lowest BCUT2D eigenvalue weighted by Gasteiger charge is -2.17. The van der Waals surface area contributed by atoms with Crippen molar-refractivity contribution in [1.82, 2.24) is 15.6 Å². The summed E-state index contributed by atoms with van der Waals surface area (Å²) in [6, 6.07) is 0.563. The Morgan fingerprint density at radius 2 is 2.33 bits per heavy atom. The highest BCUT2D eigenvalue weighted by Crippen LogP contribution is 2.28. The Bertz CT molecular complexity index is 450. The van der Waals surface area contributed by atoms with E-state index in [2.05, 4.69) is 33.8 Å². The van der Waals surface area contributed by atoms with Gasteiger partial charge in [-0.05, 0) is 39.4 Å². The summed E-state index contributed by atoms with van der Waals surface area (Å²) in [6.07, 6.45) is 6.01. The summed E-state index contributed by atoms with van der Waals surface area (Å²) in [6.45, 7) is 5.76. The molecule has 1 aromatic heterocycles. The lowest BCUT2D eigenvalue weighted by molar-refractivity contribution is 0.615. The van der Waals surface area contributed by atoms with Crippen molar-refractivity contribution in [1.29, 1.82) is 0 Å². The number of halogens is 1. The van der Waals surface area contributed by atoms with Gasteiger partial charge in [0.1, 0.15) is 0 Å². The second-order valence-electron chi connectivity index (χ2n) is 5.07. The van der Waals surface area contributed by atoms with E-state index in [0.717, 1.165) is 23.4 Å². The van der Waals surface area contributed by atoms with Crippen molar-refractivity contribution in [2.45, 2.75) is 50.9 Å². The molecule has 2 N–H and O–H groups in total. The molecule has 0 aromatic carbocycles. The molecule has 2 rings (SSSR count). The van der Waals surface area contributed by atoms with Crippen LogP contribution in [0.5, 0.6) is 0 Å². The number of rotatable bonds is 5. The molecular weight excluding hydrogens is 415 g/mol. The Kier molecular flexibility index (Phi) is 8.96. The SMILES string of the molecule is CCNC(=NCc1scnc1C)NC1CCC(SC)C1.I. The van der Waals surface area contributed by atoms with E-state index >= 15 is 0 Å². The third-order valence-electron chi connectivity index (χ3n) is 3.63. The van der Waals surface area contributed by atoms with Crippen molar-refractivity contribution >= 4 is 53.0 Å². The maximum absolute atomic E-state index is 4.69. The predicted molar refractivity (Wildman–Crippen MR) is 105 cm³/mol. The monoisotopic (exact) mass is 440 g/mol. The smallest absolute Gasteiger partial charge is 0.191 e. The molecular formula is C14H25IN4S2. The van der Waals surface area contributed by atoms with Gasteiger partial charge in [-0.15, -0.1) is 35.3 Å². The zero-order valence-electron chi connectivity index (χ0n) is 12.9. The highest BCUT2D eigenvalue weighted by molar-refractivity contribution is 14.0. The Balaban J connectivity index is 0.00000220. The van der Waals surface area contributed by atoms with Gasteiger partial charge in [0.05, 0.1) is 17.7 Å². The molecule has 0 bridgehead atoms. The van der Waals surface area contributed by atoms with Crippen LogP contribution < -0.4 is 10.6 Å². The van der Waals surface area contributed by atoms with E-state index in [1.807, 2.05) is 24.2 Å². The van der Waals surface area contributed by atoms with Crippen LogP contribution in [-0.2, 0) is 6.54 Å². The zero-order valence-corrected chi connectivity index (χ0v) is 16.9. The van der Waals surface area contributed by atoms with Gasteiger partial charge in [-0.3, -0.25) is 0 Å². The van der Waals surface area contributed by atoms with Crippen molar-refractivity contribution in [3.8, 4) is 0 Å². The molecule has 0 amide bonds. The Hall–Kier alpha value is -0.0200. The van der Waals surface area contributed by atoms with Crippen molar-refractivity contribution in [2.75, 3.05) is 12.8 Å². The molecule has 1 aliphatic rings. The molecule has 4 nitrogen and oxygen atoms in total. The number of nitrogens with one attached hydrogen (secondary N) is 2. The van der Waals surface area contributed by atoms with Gasteiger partial charge in [-0.1, -0.05) is 0 Å². The Labute approximate surface area is 153 Å². The van der Waals surface area contributed by atoms with E-state index in [4.69, 9.17) is 0 Å². The van der Waals surface area contributed by atoms with E-state index in [9.17, 15) is 0 Å². The van der Waals surface area contributed by atoms with Crippen LogP contribution in [0, 0.1) is 6.92 Å². The van der Waals surface area contributed by atoms with E-state index in [-0.39, 0.29) is 24.0 Å². The normalized spacial score (nSPS) is 22.0. The molecule has 2 atom stereocenters. The van der Waals surface area contributed by atoms with Crippen LogP contribution in [-0.4, -0.2) is 35.0 Å². The highest BCUT2D eigenvalue weighted by Gasteiger charge is 2.24. The largest absolute Gasteiger partial charge is 0.357 e. The van der Waals surface area contributed by atoms with Gasteiger partial charge in [0.15, 0.2) is 5.96 Å². The van der Waals surface area contributed by atoms with Crippen molar-refractivity contribution in [2.24, 2.45) is 4.99 Å². The minimum atomic E-state index is 0. The van der Waals surface area contributed by atoms with Crippen LogP contribution in [0.2, 0.25) is 0 Å². The second kappa shape index (κ2) is 9.89. The molecule has 0 aliphatic heterocycles. The molecule has 0 saturated heterocycles. The van der Waals surface area contributed by atoms with Crippen LogP contribution in [0.25, 0.3) is 0 Å².